The van der Waals surface area contributed by atoms with Gasteiger partial charge in [0.05, 0.1) is 5.92 Å². The average Bonchev–Trinajstić information content (AvgIpc) is 2.70. The second kappa shape index (κ2) is 6.90. The first-order chi connectivity index (χ1) is 6.84. The molecule has 1 rings (SSSR count). The zero-order valence-corrected chi connectivity index (χ0v) is 9.24. The topological polar surface area (TPSA) is 41.1 Å². The van der Waals surface area contributed by atoms with Crippen LogP contribution in [0.5, 0.6) is 0 Å². The minimum absolute atomic E-state index is 0.194. The maximum atomic E-state index is 11.5. The van der Waals surface area contributed by atoms with Gasteiger partial charge in [-0.05, 0) is 13.0 Å². The fraction of sp³-hybridized carbons (Fsp3) is 0.700. The normalized spacial score (nSPS) is 20.7. The molecule has 1 amide bonds. The van der Waals surface area contributed by atoms with E-state index in [-0.39, 0.29) is 11.8 Å². The number of nitrogens with one attached hydrogen (secondary N) is 2. The van der Waals surface area contributed by atoms with Crippen LogP contribution in [-0.2, 0) is 4.79 Å². The van der Waals surface area contributed by atoms with E-state index in [4.69, 9.17) is 0 Å². The number of hydrogen-bond acceptors (Lipinski definition) is 3. The van der Waals surface area contributed by atoms with Crippen LogP contribution in [0.3, 0.4) is 0 Å². The van der Waals surface area contributed by atoms with Crippen LogP contribution in [-0.4, -0.2) is 37.0 Å². The Bertz CT molecular complexity index is 191. The number of hydrogen-bond donors (Lipinski definition) is 2. The van der Waals surface area contributed by atoms with Gasteiger partial charge in [-0.2, -0.15) is 11.8 Å². The van der Waals surface area contributed by atoms with Gasteiger partial charge in [0.25, 0.3) is 0 Å². The van der Waals surface area contributed by atoms with Gasteiger partial charge in [0.2, 0.25) is 5.91 Å². The van der Waals surface area contributed by atoms with Crippen molar-refractivity contribution in [3.05, 3.63) is 12.7 Å². The fourth-order valence-electron chi connectivity index (χ4n) is 1.44. The fourth-order valence-corrected chi connectivity index (χ4v) is 2.02. The molecular weight excluding hydrogens is 196 g/mol. The van der Waals surface area contributed by atoms with Crippen molar-refractivity contribution in [3.63, 3.8) is 0 Å². The van der Waals surface area contributed by atoms with Gasteiger partial charge in [-0.3, -0.25) is 4.79 Å². The third-order valence-electron chi connectivity index (χ3n) is 2.21. The molecule has 0 aromatic rings. The lowest BCUT2D eigenvalue weighted by Gasteiger charge is -2.08. The summed E-state index contributed by atoms with van der Waals surface area (Å²) in [6.07, 6.45) is 2.86. The molecule has 0 bridgehead atoms. The van der Waals surface area contributed by atoms with E-state index in [0.717, 1.165) is 37.6 Å². The van der Waals surface area contributed by atoms with Crippen LogP contribution in [0.2, 0.25) is 0 Å². The number of amides is 1. The third-order valence-corrected chi connectivity index (χ3v) is 3.18. The van der Waals surface area contributed by atoms with Gasteiger partial charge in [-0.1, -0.05) is 6.08 Å². The van der Waals surface area contributed by atoms with Crippen molar-refractivity contribution < 1.29 is 4.79 Å². The summed E-state index contributed by atoms with van der Waals surface area (Å²) in [6, 6.07) is 0. The molecule has 1 heterocycles. The van der Waals surface area contributed by atoms with Gasteiger partial charge < -0.3 is 10.6 Å². The van der Waals surface area contributed by atoms with Gasteiger partial charge in [0, 0.05) is 24.6 Å². The van der Waals surface area contributed by atoms with Crippen molar-refractivity contribution in [1.82, 2.24) is 10.6 Å². The zero-order chi connectivity index (χ0) is 10.2. The Morgan fingerprint density at radius 3 is 3.21 bits per heavy atom. The van der Waals surface area contributed by atoms with Crippen molar-refractivity contribution in [2.24, 2.45) is 5.92 Å². The largest absolute Gasteiger partial charge is 0.355 e. The summed E-state index contributed by atoms with van der Waals surface area (Å²) in [5, 5.41) is 6.13. The van der Waals surface area contributed by atoms with Crippen molar-refractivity contribution in [2.75, 3.05) is 31.1 Å². The molecule has 1 aliphatic rings. The van der Waals surface area contributed by atoms with E-state index in [9.17, 15) is 4.79 Å². The SMILES string of the molecule is C=CCSCCNC(=O)C1CCNC1. The Kier molecular flexibility index (Phi) is 5.71. The molecule has 0 aromatic carbocycles. The molecule has 0 aromatic heterocycles. The Balaban J connectivity index is 2.00. The predicted octanol–water partition coefficient (Wildman–Crippen LogP) is 0.631. The maximum absolute atomic E-state index is 11.5. The summed E-state index contributed by atoms with van der Waals surface area (Å²) in [5.41, 5.74) is 0. The van der Waals surface area contributed by atoms with E-state index >= 15 is 0 Å². The van der Waals surface area contributed by atoms with Gasteiger partial charge >= 0.3 is 0 Å². The van der Waals surface area contributed by atoms with Crippen molar-refractivity contribution in [1.29, 1.82) is 0 Å². The molecule has 1 fully saturated rings. The molecule has 1 unspecified atom stereocenters. The number of thioether (sulfide) groups is 1. The summed E-state index contributed by atoms with van der Waals surface area (Å²) in [7, 11) is 0. The standard InChI is InChI=1S/C10H18N2OS/c1-2-6-14-7-5-12-10(13)9-3-4-11-8-9/h2,9,11H,1,3-8H2,(H,12,13). The Morgan fingerprint density at radius 1 is 1.71 bits per heavy atom. The molecular formula is C10H18N2OS. The minimum Gasteiger partial charge on any atom is -0.355 e. The van der Waals surface area contributed by atoms with E-state index in [2.05, 4.69) is 17.2 Å². The van der Waals surface area contributed by atoms with Crippen LogP contribution in [0.4, 0.5) is 0 Å². The highest BCUT2D eigenvalue weighted by Gasteiger charge is 2.21. The molecule has 0 radical (unpaired) electrons. The summed E-state index contributed by atoms with van der Waals surface area (Å²) in [4.78, 5) is 11.5. The van der Waals surface area contributed by atoms with Crippen LogP contribution in [0, 0.1) is 5.92 Å². The summed E-state index contributed by atoms with van der Waals surface area (Å²) in [5.74, 6) is 2.33. The first-order valence-corrected chi connectivity index (χ1v) is 6.17. The molecule has 0 aliphatic carbocycles. The first-order valence-electron chi connectivity index (χ1n) is 5.01. The second-order valence-electron chi connectivity index (χ2n) is 3.34. The Labute approximate surface area is 89.7 Å². The van der Waals surface area contributed by atoms with Crippen LogP contribution in [0.1, 0.15) is 6.42 Å². The van der Waals surface area contributed by atoms with Gasteiger partial charge in [-0.25, -0.2) is 0 Å². The smallest absolute Gasteiger partial charge is 0.224 e. The highest BCUT2D eigenvalue weighted by molar-refractivity contribution is 7.99. The molecule has 1 aliphatic heterocycles. The molecule has 2 N–H and O–H groups in total. The minimum atomic E-state index is 0.194. The zero-order valence-electron chi connectivity index (χ0n) is 8.42. The van der Waals surface area contributed by atoms with Crippen molar-refractivity contribution >= 4 is 17.7 Å². The molecule has 0 spiro atoms. The first kappa shape index (κ1) is 11.6. The quantitative estimate of drug-likeness (QED) is 0.503. The maximum Gasteiger partial charge on any atom is 0.224 e. The summed E-state index contributed by atoms with van der Waals surface area (Å²) >= 11 is 1.79. The van der Waals surface area contributed by atoms with Gasteiger partial charge in [-0.15, -0.1) is 6.58 Å². The third kappa shape index (κ3) is 4.15. The number of rotatable bonds is 6. The van der Waals surface area contributed by atoms with Gasteiger partial charge in [0.1, 0.15) is 0 Å². The van der Waals surface area contributed by atoms with E-state index in [1.54, 1.807) is 11.8 Å². The van der Waals surface area contributed by atoms with E-state index < -0.39 is 0 Å². The lowest BCUT2D eigenvalue weighted by molar-refractivity contribution is -0.124. The number of carbonyl (C=O) groups excluding carboxylic acids is 1. The second-order valence-corrected chi connectivity index (χ2v) is 4.49. The van der Waals surface area contributed by atoms with E-state index in [0.29, 0.717) is 0 Å². The van der Waals surface area contributed by atoms with Gasteiger partial charge in [0.15, 0.2) is 0 Å². The lowest BCUT2D eigenvalue weighted by Crippen LogP contribution is -2.33. The Hall–Kier alpha value is -0.480. The lowest BCUT2D eigenvalue weighted by atomic mass is 10.1. The van der Waals surface area contributed by atoms with Crippen molar-refractivity contribution in [2.45, 2.75) is 6.42 Å². The van der Waals surface area contributed by atoms with E-state index in [1.807, 2.05) is 6.08 Å². The molecule has 1 atom stereocenters. The van der Waals surface area contributed by atoms with Crippen LogP contribution in [0.15, 0.2) is 12.7 Å². The summed E-state index contributed by atoms with van der Waals surface area (Å²) in [6.45, 7) is 6.23. The summed E-state index contributed by atoms with van der Waals surface area (Å²) < 4.78 is 0. The van der Waals surface area contributed by atoms with Crippen LogP contribution >= 0.6 is 11.8 Å². The highest BCUT2D eigenvalue weighted by atomic mass is 32.2. The van der Waals surface area contributed by atoms with Crippen molar-refractivity contribution in [3.8, 4) is 0 Å². The molecule has 4 heteroatoms. The molecule has 1 saturated heterocycles. The monoisotopic (exact) mass is 214 g/mol. The molecule has 3 nitrogen and oxygen atoms in total. The van der Waals surface area contributed by atoms with E-state index in [1.165, 1.54) is 0 Å². The highest BCUT2D eigenvalue weighted by Crippen LogP contribution is 2.07. The molecule has 0 saturated carbocycles. The van der Waals surface area contributed by atoms with Crippen LogP contribution < -0.4 is 10.6 Å². The average molecular weight is 214 g/mol. The number of carbonyl (C=O) groups is 1. The molecule has 80 valence electrons. The predicted molar refractivity (Wildman–Crippen MR) is 61.5 cm³/mol. The Morgan fingerprint density at radius 2 is 2.57 bits per heavy atom. The molecule has 14 heavy (non-hydrogen) atoms. The van der Waals surface area contributed by atoms with Crippen LogP contribution in [0.25, 0.3) is 0 Å².